The maximum absolute atomic E-state index is 10.9. The quantitative estimate of drug-likeness (QED) is 0.823. The summed E-state index contributed by atoms with van der Waals surface area (Å²) < 4.78 is 2.25. The summed E-state index contributed by atoms with van der Waals surface area (Å²) in [6.07, 6.45) is 4.55. The van der Waals surface area contributed by atoms with Crippen LogP contribution >= 0.6 is 0 Å². The largest absolute Gasteiger partial charge is 0.392 e. The van der Waals surface area contributed by atoms with Crippen LogP contribution in [-0.4, -0.2) is 20.8 Å². The molecule has 0 amide bonds. The Morgan fingerprint density at radius 2 is 1.79 bits per heavy atom. The summed E-state index contributed by atoms with van der Waals surface area (Å²) in [6, 6.07) is 8.73. The van der Waals surface area contributed by atoms with E-state index in [0.717, 1.165) is 6.42 Å². The van der Waals surface area contributed by atoms with Gasteiger partial charge in [0.05, 0.1) is 30.4 Å². The van der Waals surface area contributed by atoms with Crippen LogP contribution in [0.5, 0.6) is 0 Å². The molecule has 1 aromatic carbocycles. The molecule has 1 aliphatic rings. The number of nitrogens with zero attached hydrogens (tertiary/aromatic N) is 2. The van der Waals surface area contributed by atoms with E-state index in [2.05, 4.69) is 61.5 Å². The predicted octanol–water partition coefficient (Wildman–Crippen LogP) is 5.16. The van der Waals surface area contributed by atoms with Gasteiger partial charge in [0.2, 0.25) is 0 Å². The van der Waals surface area contributed by atoms with Crippen molar-refractivity contribution in [2.75, 3.05) is 0 Å². The number of aromatic nitrogens is 2. The van der Waals surface area contributed by atoms with Gasteiger partial charge in [-0.3, -0.25) is 0 Å². The fraction of sp³-hybridized carbons (Fsp3) is 0.571. The standard InChI is InChI=1S/C19H26N2O.C2H6/c1-12(2)9-16(19(22)13(3)4)18-15-8-6-5-7-14(15)17-10-20-11-21(17)18;1-2/h5-8,10-13,16,18-19,22H,9H2,1-4H3;1-2H3. The van der Waals surface area contributed by atoms with Crippen molar-refractivity contribution in [1.29, 1.82) is 0 Å². The highest BCUT2D eigenvalue weighted by Crippen LogP contribution is 2.46. The first-order chi connectivity index (χ1) is 11.5. The number of aliphatic hydroxyl groups excluding tert-OH is 1. The fourth-order valence-electron chi connectivity index (χ4n) is 3.80. The van der Waals surface area contributed by atoms with Crippen LogP contribution in [0.15, 0.2) is 36.8 Å². The molecule has 0 bridgehead atoms. The van der Waals surface area contributed by atoms with E-state index >= 15 is 0 Å². The second kappa shape index (κ2) is 7.98. The summed E-state index contributed by atoms with van der Waals surface area (Å²) in [5.41, 5.74) is 3.75. The molecule has 0 saturated carbocycles. The molecule has 2 aromatic rings. The molecule has 1 aliphatic heterocycles. The van der Waals surface area contributed by atoms with Crippen LogP contribution < -0.4 is 0 Å². The third-order valence-electron chi connectivity index (χ3n) is 4.79. The maximum atomic E-state index is 10.9. The highest BCUT2D eigenvalue weighted by Gasteiger charge is 2.38. The molecule has 3 atom stereocenters. The molecular formula is C21H32N2O. The molecule has 0 radical (unpaired) electrons. The Labute approximate surface area is 146 Å². The summed E-state index contributed by atoms with van der Waals surface area (Å²) in [7, 11) is 0. The smallest absolute Gasteiger partial charge is 0.0956 e. The summed E-state index contributed by atoms with van der Waals surface area (Å²) in [6.45, 7) is 12.7. The van der Waals surface area contributed by atoms with Crippen molar-refractivity contribution in [2.24, 2.45) is 17.8 Å². The van der Waals surface area contributed by atoms with Gasteiger partial charge in [0, 0.05) is 11.5 Å². The Morgan fingerprint density at radius 3 is 2.42 bits per heavy atom. The van der Waals surface area contributed by atoms with Gasteiger partial charge in [0.15, 0.2) is 0 Å². The van der Waals surface area contributed by atoms with Gasteiger partial charge in [-0.05, 0) is 23.8 Å². The SMILES string of the molecule is CC.CC(C)CC(C(O)C(C)C)C1c2ccccc2-c2cncn21. The minimum atomic E-state index is -0.311. The van der Waals surface area contributed by atoms with Crippen molar-refractivity contribution < 1.29 is 5.11 Å². The highest BCUT2D eigenvalue weighted by atomic mass is 16.3. The van der Waals surface area contributed by atoms with E-state index in [1.165, 1.54) is 16.8 Å². The minimum absolute atomic E-state index is 0.188. The second-order valence-corrected chi connectivity index (χ2v) is 7.25. The van der Waals surface area contributed by atoms with Crippen molar-refractivity contribution in [3.63, 3.8) is 0 Å². The third-order valence-corrected chi connectivity index (χ3v) is 4.79. The number of hydrogen-bond donors (Lipinski definition) is 1. The molecule has 2 heterocycles. The monoisotopic (exact) mass is 328 g/mol. The molecule has 1 N–H and O–H groups in total. The van der Waals surface area contributed by atoms with E-state index in [4.69, 9.17) is 0 Å². The summed E-state index contributed by atoms with van der Waals surface area (Å²) in [4.78, 5) is 4.34. The van der Waals surface area contributed by atoms with Crippen molar-refractivity contribution in [3.8, 4) is 11.3 Å². The van der Waals surface area contributed by atoms with E-state index in [1.54, 1.807) is 0 Å². The van der Waals surface area contributed by atoms with Crippen LogP contribution in [-0.2, 0) is 0 Å². The van der Waals surface area contributed by atoms with E-state index < -0.39 is 0 Å². The molecule has 24 heavy (non-hydrogen) atoms. The van der Waals surface area contributed by atoms with Gasteiger partial charge in [-0.15, -0.1) is 0 Å². The highest BCUT2D eigenvalue weighted by molar-refractivity contribution is 5.69. The Kier molecular flexibility index (Phi) is 6.22. The van der Waals surface area contributed by atoms with E-state index in [-0.39, 0.29) is 24.0 Å². The van der Waals surface area contributed by atoms with Crippen molar-refractivity contribution in [2.45, 2.75) is 60.1 Å². The van der Waals surface area contributed by atoms with Crippen LogP contribution in [0.25, 0.3) is 11.3 Å². The molecular weight excluding hydrogens is 296 g/mol. The molecule has 0 aliphatic carbocycles. The van der Waals surface area contributed by atoms with Gasteiger partial charge in [-0.25, -0.2) is 4.98 Å². The number of aliphatic hydroxyl groups is 1. The first-order valence-corrected chi connectivity index (χ1v) is 9.30. The summed E-state index contributed by atoms with van der Waals surface area (Å²) in [5, 5.41) is 10.9. The molecule has 3 nitrogen and oxygen atoms in total. The number of benzene rings is 1. The van der Waals surface area contributed by atoms with Crippen molar-refractivity contribution >= 4 is 0 Å². The average Bonchev–Trinajstić information content (AvgIpc) is 3.14. The summed E-state index contributed by atoms with van der Waals surface area (Å²) >= 11 is 0. The van der Waals surface area contributed by atoms with Crippen molar-refractivity contribution in [3.05, 3.63) is 42.4 Å². The van der Waals surface area contributed by atoms with Crippen LogP contribution in [0, 0.1) is 17.8 Å². The number of rotatable bonds is 5. The lowest BCUT2D eigenvalue weighted by atomic mass is 9.79. The maximum Gasteiger partial charge on any atom is 0.0956 e. The lowest BCUT2D eigenvalue weighted by Gasteiger charge is -2.33. The molecule has 1 aromatic heterocycles. The number of fused-ring (bicyclic) bond motifs is 3. The first kappa shape index (κ1) is 18.7. The Balaban J connectivity index is 0.00000100. The van der Waals surface area contributed by atoms with Crippen LogP contribution in [0.4, 0.5) is 0 Å². The van der Waals surface area contributed by atoms with Crippen LogP contribution in [0.3, 0.4) is 0 Å². The molecule has 0 saturated heterocycles. The van der Waals surface area contributed by atoms with E-state index in [9.17, 15) is 5.11 Å². The molecule has 3 unspecified atom stereocenters. The van der Waals surface area contributed by atoms with Gasteiger partial charge < -0.3 is 9.67 Å². The first-order valence-electron chi connectivity index (χ1n) is 9.30. The molecule has 3 rings (SSSR count). The minimum Gasteiger partial charge on any atom is -0.392 e. The molecule has 0 fully saturated rings. The zero-order valence-electron chi connectivity index (χ0n) is 15.9. The topological polar surface area (TPSA) is 38.1 Å². The lowest BCUT2D eigenvalue weighted by Crippen LogP contribution is -2.34. The normalized spacial score (nSPS) is 18.0. The van der Waals surface area contributed by atoms with Gasteiger partial charge in [-0.2, -0.15) is 0 Å². The Bertz CT molecular complexity index is 645. The molecule has 132 valence electrons. The molecule has 0 spiro atoms. The van der Waals surface area contributed by atoms with Gasteiger partial charge in [0.1, 0.15) is 0 Å². The van der Waals surface area contributed by atoms with Crippen LogP contribution in [0.2, 0.25) is 0 Å². The van der Waals surface area contributed by atoms with Crippen molar-refractivity contribution in [1.82, 2.24) is 9.55 Å². The van der Waals surface area contributed by atoms with Gasteiger partial charge >= 0.3 is 0 Å². The van der Waals surface area contributed by atoms with Gasteiger partial charge in [0.25, 0.3) is 0 Å². The van der Waals surface area contributed by atoms with E-state index in [0.29, 0.717) is 5.92 Å². The van der Waals surface area contributed by atoms with Crippen LogP contribution in [0.1, 0.15) is 59.6 Å². The average molecular weight is 329 g/mol. The zero-order valence-corrected chi connectivity index (χ0v) is 15.9. The summed E-state index contributed by atoms with van der Waals surface area (Å²) in [5.74, 6) is 1.01. The molecule has 3 heteroatoms. The fourth-order valence-corrected chi connectivity index (χ4v) is 3.80. The number of hydrogen-bond acceptors (Lipinski definition) is 2. The zero-order chi connectivity index (χ0) is 17.9. The Hall–Kier alpha value is -1.61. The lowest BCUT2D eigenvalue weighted by molar-refractivity contribution is 0.0364. The Morgan fingerprint density at radius 1 is 1.12 bits per heavy atom. The third kappa shape index (κ3) is 3.41. The van der Waals surface area contributed by atoms with E-state index in [1.807, 2.05) is 26.4 Å². The predicted molar refractivity (Wildman–Crippen MR) is 101 cm³/mol. The number of imidazole rings is 1. The second-order valence-electron chi connectivity index (χ2n) is 7.25. The van der Waals surface area contributed by atoms with Gasteiger partial charge in [-0.1, -0.05) is 65.8 Å².